The molecule has 0 aromatic heterocycles. The van der Waals surface area contributed by atoms with Crippen LogP contribution in [0.4, 0.5) is 5.69 Å². The van der Waals surface area contributed by atoms with Crippen molar-refractivity contribution in [2.24, 2.45) is 0 Å². The summed E-state index contributed by atoms with van der Waals surface area (Å²) in [6.45, 7) is 1.87. The largest absolute Gasteiger partial charge is 0.497 e. The summed E-state index contributed by atoms with van der Waals surface area (Å²) in [6.07, 6.45) is 0.884. The van der Waals surface area contributed by atoms with Crippen LogP contribution in [0.5, 0.6) is 17.2 Å². The highest BCUT2D eigenvalue weighted by molar-refractivity contribution is 6.31. The van der Waals surface area contributed by atoms with Gasteiger partial charge in [-0.1, -0.05) is 11.6 Å². The van der Waals surface area contributed by atoms with E-state index in [1.54, 1.807) is 39.5 Å². The molecule has 0 radical (unpaired) electrons. The normalized spacial score (nSPS) is 10.3. The molecule has 0 atom stereocenters. The number of ether oxygens (including phenoxy) is 3. The number of nitrogens with one attached hydrogen (secondary N) is 1. The Kier molecular flexibility index (Phi) is 6.53. The van der Waals surface area contributed by atoms with Crippen LogP contribution in [0.15, 0.2) is 30.3 Å². The number of carbonyl (C=O) groups is 1. The van der Waals surface area contributed by atoms with E-state index < -0.39 is 0 Å². The van der Waals surface area contributed by atoms with E-state index >= 15 is 0 Å². The topological polar surface area (TPSA) is 56.8 Å². The molecular formula is C19H22ClNO4. The summed E-state index contributed by atoms with van der Waals surface area (Å²) in [7, 11) is 4.74. The van der Waals surface area contributed by atoms with Gasteiger partial charge in [-0.05, 0) is 42.7 Å². The molecule has 0 saturated carbocycles. The van der Waals surface area contributed by atoms with E-state index in [1.807, 2.05) is 19.1 Å². The summed E-state index contributed by atoms with van der Waals surface area (Å²) in [4.78, 5) is 12.3. The van der Waals surface area contributed by atoms with Gasteiger partial charge in [0.1, 0.15) is 17.2 Å². The Labute approximate surface area is 152 Å². The van der Waals surface area contributed by atoms with Crippen LogP contribution in [0.25, 0.3) is 0 Å². The van der Waals surface area contributed by atoms with Crippen LogP contribution >= 0.6 is 11.6 Å². The van der Waals surface area contributed by atoms with Crippen LogP contribution in [0.2, 0.25) is 5.02 Å². The fourth-order valence-corrected chi connectivity index (χ4v) is 2.56. The first-order valence-corrected chi connectivity index (χ1v) is 8.20. The van der Waals surface area contributed by atoms with Crippen LogP contribution < -0.4 is 19.5 Å². The first kappa shape index (κ1) is 18.9. The Hall–Kier alpha value is -2.40. The summed E-state index contributed by atoms with van der Waals surface area (Å²) < 4.78 is 15.8. The maximum absolute atomic E-state index is 12.3. The zero-order valence-electron chi connectivity index (χ0n) is 14.8. The number of benzene rings is 2. The van der Waals surface area contributed by atoms with Gasteiger partial charge in [0, 0.05) is 23.6 Å². The standard InChI is InChI=1S/C19H22ClNO4/c1-12-7-17(18(25-4)11-16(12)20)21-19(22)6-5-13-8-14(23-2)10-15(9-13)24-3/h7-11H,5-6H2,1-4H3,(H,21,22). The lowest BCUT2D eigenvalue weighted by molar-refractivity contribution is -0.116. The van der Waals surface area contributed by atoms with Gasteiger partial charge in [-0.3, -0.25) is 4.79 Å². The van der Waals surface area contributed by atoms with Crippen molar-refractivity contribution >= 4 is 23.2 Å². The van der Waals surface area contributed by atoms with Gasteiger partial charge in [0.2, 0.25) is 5.91 Å². The monoisotopic (exact) mass is 363 g/mol. The van der Waals surface area contributed by atoms with Crippen molar-refractivity contribution < 1.29 is 19.0 Å². The number of carbonyl (C=O) groups excluding carboxylic acids is 1. The molecular weight excluding hydrogens is 342 g/mol. The summed E-state index contributed by atoms with van der Waals surface area (Å²) >= 11 is 6.08. The lowest BCUT2D eigenvalue weighted by atomic mass is 10.1. The summed E-state index contributed by atoms with van der Waals surface area (Å²) in [5.74, 6) is 1.82. The van der Waals surface area contributed by atoms with Gasteiger partial charge in [-0.2, -0.15) is 0 Å². The van der Waals surface area contributed by atoms with Gasteiger partial charge in [-0.15, -0.1) is 0 Å². The minimum atomic E-state index is -0.109. The van der Waals surface area contributed by atoms with Gasteiger partial charge in [0.25, 0.3) is 0 Å². The molecule has 1 N–H and O–H groups in total. The Morgan fingerprint density at radius 3 is 2.20 bits per heavy atom. The minimum absolute atomic E-state index is 0.109. The van der Waals surface area contributed by atoms with Crippen molar-refractivity contribution in [3.8, 4) is 17.2 Å². The Balaban J connectivity index is 2.05. The number of hydrogen-bond donors (Lipinski definition) is 1. The number of hydrogen-bond acceptors (Lipinski definition) is 4. The second-order valence-electron chi connectivity index (χ2n) is 5.57. The maximum Gasteiger partial charge on any atom is 0.224 e. The highest BCUT2D eigenvalue weighted by atomic mass is 35.5. The van der Waals surface area contributed by atoms with E-state index in [0.717, 1.165) is 11.1 Å². The third-order valence-electron chi connectivity index (χ3n) is 3.81. The predicted octanol–water partition coefficient (Wildman–Crippen LogP) is 4.25. The van der Waals surface area contributed by atoms with Crippen LogP contribution in [0.1, 0.15) is 17.5 Å². The summed E-state index contributed by atoms with van der Waals surface area (Å²) in [5, 5.41) is 3.47. The number of anilines is 1. The highest BCUT2D eigenvalue weighted by Gasteiger charge is 2.11. The van der Waals surface area contributed by atoms with Gasteiger partial charge >= 0.3 is 0 Å². The van der Waals surface area contributed by atoms with Crippen LogP contribution in [-0.2, 0) is 11.2 Å². The van der Waals surface area contributed by atoms with E-state index in [0.29, 0.717) is 40.8 Å². The lowest BCUT2D eigenvalue weighted by Crippen LogP contribution is -2.13. The molecule has 0 unspecified atom stereocenters. The second kappa shape index (κ2) is 8.62. The van der Waals surface area contributed by atoms with Crippen molar-refractivity contribution in [3.63, 3.8) is 0 Å². The predicted molar refractivity (Wildman–Crippen MR) is 99.2 cm³/mol. The molecule has 0 aliphatic heterocycles. The Bertz CT molecular complexity index is 739. The van der Waals surface area contributed by atoms with E-state index in [1.165, 1.54) is 0 Å². The fraction of sp³-hybridized carbons (Fsp3) is 0.316. The fourth-order valence-electron chi connectivity index (χ4n) is 2.41. The smallest absolute Gasteiger partial charge is 0.224 e. The molecule has 0 aliphatic rings. The molecule has 0 aliphatic carbocycles. The average molecular weight is 364 g/mol. The third kappa shape index (κ3) is 5.03. The van der Waals surface area contributed by atoms with Gasteiger partial charge < -0.3 is 19.5 Å². The third-order valence-corrected chi connectivity index (χ3v) is 4.21. The quantitative estimate of drug-likeness (QED) is 0.799. The van der Waals surface area contributed by atoms with Crippen molar-refractivity contribution in [1.82, 2.24) is 0 Å². The van der Waals surface area contributed by atoms with Crippen LogP contribution in [0, 0.1) is 6.92 Å². The number of amides is 1. The highest BCUT2D eigenvalue weighted by Crippen LogP contribution is 2.31. The number of aryl methyl sites for hydroxylation is 2. The van der Waals surface area contributed by atoms with E-state index in [-0.39, 0.29) is 5.91 Å². The molecule has 2 aromatic carbocycles. The number of methoxy groups -OCH3 is 3. The lowest BCUT2D eigenvalue weighted by Gasteiger charge is -2.12. The summed E-state index contributed by atoms with van der Waals surface area (Å²) in [6, 6.07) is 9.07. The molecule has 0 heterocycles. The molecule has 1 amide bonds. The molecule has 0 bridgehead atoms. The average Bonchev–Trinajstić information content (AvgIpc) is 2.62. The van der Waals surface area contributed by atoms with Crippen LogP contribution in [-0.4, -0.2) is 27.2 Å². The molecule has 0 saturated heterocycles. The first-order valence-electron chi connectivity index (χ1n) is 7.82. The van der Waals surface area contributed by atoms with Gasteiger partial charge in [-0.25, -0.2) is 0 Å². The number of halogens is 1. The zero-order valence-corrected chi connectivity index (χ0v) is 15.6. The van der Waals surface area contributed by atoms with Crippen molar-refractivity contribution in [1.29, 1.82) is 0 Å². The van der Waals surface area contributed by atoms with Crippen molar-refractivity contribution in [3.05, 3.63) is 46.5 Å². The van der Waals surface area contributed by atoms with E-state index in [9.17, 15) is 4.79 Å². The van der Waals surface area contributed by atoms with E-state index in [2.05, 4.69) is 5.32 Å². The minimum Gasteiger partial charge on any atom is -0.497 e. The molecule has 134 valence electrons. The molecule has 0 spiro atoms. The van der Waals surface area contributed by atoms with Crippen molar-refractivity contribution in [2.45, 2.75) is 19.8 Å². The van der Waals surface area contributed by atoms with Gasteiger partial charge in [0.15, 0.2) is 0 Å². The second-order valence-corrected chi connectivity index (χ2v) is 5.98. The SMILES string of the molecule is COc1cc(CCC(=O)Nc2cc(C)c(Cl)cc2OC)cc(OC)c1. The molecule has 2 aromatic rings. The molecule has 2 rings (SSSR count). The molecule has 25 heavy (non-hydrogen) atoms. The Morgan fingerprint density at radius 2 is 1.64 bits per heavy atom. The van der Waals surface area contributed by atoms with Crippen LogP contribution in [0.3, 0.4) is 0 Å². The van der Waals surface area contributed by atoms with Crippen molar-refractivity contribution in [2.75, 3.05) is 26.6 Å². The maximum atomic E-state index is 12.3. The van der Waals surface area contributed by atoms with Gasteiger partial charge in [0.05, 0.1) is 27.0 Å². The molecule has 6 heteroatoms. The molecule has 0 fully saturated rings. The molecule has 5 nitrogen and oxygen atoms in total. The van der Waals surface area contributed by atoms with E-state index in [4.69, 9.17) is 25.8 Å². The number of rotatable bonds is 7. The zero-order chi connectivity index (χ0) is 18.4. The summed E-state index contributed by atoms with van der Waals surface area (Å²) in [5.41, 5.74) is 2.44. The Morgan fingerprint density at radius 1 is 1.00 bits per heavy atom. The first-order chi connectivity index (χ1) is 12.0.